The summed E-state index contributed by atoms with van der Waals surface area (Å²) in [7, 11) is 1.86. The van der Waals surface area contributed by atoms with E-state index in [1.165, 1.54) is 0 Å². The third kappa shape index (κ3) is 2.96. The van der Waals surface area contributed by atoms with E-state index in [4.69, 9.17) is 5.21 Å². The number of rotatable bonds is 3. The third-order valence-corrected chi connectivity index (χ3v) is 1.20. The van der Waals surface area contributed by atoms with Gasteiger partial charge >= 0.3 is 0 Å². The fourth-order valence-electron chi connectivity index (χ4n) is 0.286. The predicted molar refractivity (Wildman–Crippen MR) is 32.9 cm³/mol. The van der Waals surface area contributed by atoms with Crippen LogP contribution in [0.2, 0.25) is 0 Å². The number of hydroxylamine groups is 1. The van der Waals surface area contributed by atoms with Gasteiger partial charge in [0.05, 0.1) is 0 Å². The quantitative estimate of drug-likeness (QED) is 0.456. The van der Waals surface area contributed by atoms with Gasteiger partial charge in [-0.05, 0) is 20.9 Å². The molecule has 0 saturated carbocycles. The summed E-state index contributed by atoms with van der Waals surface area (Å²) >= 11 is 0. The van der Waals surface area contributed by atoms with Gasteiger partial charge in [-0.2, -0.15) is 0 Å². The molecule has 0 amide bonds. The molecule has 0 spiro atoms. The van der Waals surface area contributed by atoms with Gasteiger partial charge in [-0.15, -0.1) is 0 Å². The molecule has 0 unspecified atom stereocenters. The van der Waals surface area contributed by atoms with E-state index in [-0.39, 0.29) is 5.54 Å². The van der Waals surface area contributed by atoms with E-state index < -0.39 is 0 Å². The van der Waals surface area contributed by atoms with Crippen molar-refractivity contribution in [2.45, 2.75) is 19.4 Å². The second-order valence-electron chi connectivity index (χ2n) is 2.47. The molecule has 0 heterocycles. The Bertz CT molecular complexity index is 63.4. The Morgan fingerprint density at radius 3 is 2.12 bits per heavy atom. The van der Waals surface area contributed by atoms with E-state index in [1.807, 2.05) is 20.9 Å². The molecular formula is C5H14N2O. The molecule has 0 bridgehead atoms. The summed E-state index contributed by atoms with van der Waals surface area (Å²) in [5.41, 5.74) is 2.08. The lowest BCUT2D eigenvalue weighted by Crippen LogP contribution is -2.44. The molecule has 0 saturated heterocycles. The van der Waals surface area contributed by atoms with Gasteiger partial charge < -0.3 is 10.5 Å². The van der Waals surface area contributed by atoms with Gasteiger partial charge in [-0.25, -0.2) is 5.48 Å². The van der Waals surface area contributed by atoms with Crippen LogP contribution < -0.4 is 10.8 Å². The Balaban J connectivity index is 3.37. The lowest BCUT2D eigenvalue weighted by molar-refractivity contribution is 0.139. The average Bonchev–Trinajstić information content (AvgIpc) is 1.67. The Kier molecular flexibility index (Phi) is 2.97. The minimum atomic E-state index is -0.0191. The highest BCUT2D eigenvalue weighted by Crippen LogP contribution is 1.95. The molecule has 50 valence electrons. The molecule has 0 rings (SSSR count). The number of nitrogens with one attached hydrogen (secondary N) is 2. The van der Waals surface area contributed by atoms with E-state index in [0.717, 1.165) is 0 Å². The number of hydrogen-bond acceptors (Lipinski definition) is 3. The smallest absolute Gasteiger partial charge is 0.0384 e. The number of hydrogen-bond donors (Lipinski definition) is 3. The summed E-state index contributed by atoms with van der Waals surface area (Å²) in [6.07, 6.45) is 0. The zero-order valence-corrected chi connectivity index (χ0v) is 5.65. The molecular weight excluding hydrogens is 104 g/mol. The largest absolute Gasteiger partial charge is 0.317 e. The van der Waals surface area contributed by atoms with Gasteiger partial charge in [0.2, 0.25) is 0 Å². The van der Waals surface area contributed by atoms with Gasteiger partial charge in [0, 0.05) is 12.1 Å². The monoisotopic (exact) mass is 118 g/mol. The maximum Gasteiger partial charge on any atom is 0.0384 e. The van der Waals surface area contributed by atoms with Gasteiger partial charge in [-0.1, -0.05) is 0 Å². The van der Waals surface area contributed by atoms with Gasteiger partial charge in [0.1, 0.15) is 0 Å². The van der Waals surface area contributed by atoms with Crippen molar-refractivity contribution >= 4 is 0 Å². The fraction of sp³-hybridized carbons (Fsp3) is 1.00. The molecule has 0 aliphatic carbocycles. The molecule has 3 nitrogen and oxygen atoms in total. The summed E-state index contributed by atoms with van der Waals surface area (Å²) in [6, 6.07) is 0. The van der Waals surface area contributed by atoms with Crippen molar-refractivity contribution in [1.29, 1.82) is 0 Å². The van der Waals surface area contributed by atoms with Crippen molar-refractivity contribution in [3.8, 4) is 0 Å². The van der Waals surface area contributed by atoms with Crippen molar-refractivity contribution < 1.29 is 5.21 Å². The Morgan fingerprint density at radius 1 is 1.50 bits per heavy atom. The standard InChI is InChI=1S/C5H14N2O/c1-5(2,6-3)4-7-8/h6-8H,4H2,1-3H3. The molecule has 0 aliphatic heterocycles. The summed E-state index contributed by atoms with van der Waals surface area (Å²) < 4.78 is 0. The molecule has 3 N–H and O–H groups in total. The first-order chi connectivity index (χ1) is 3.62. The highest BCUT2D eigenvalue weighted by Gasteiger charge is 2.11. The van der Waals surface area contributed by atoms with Crippen LogP contribution in [0.3, 0.4) is 0 Å². The Morgan fingerprint density at radius 2 is 2.00 bits per heavy atom. The molecule has 0 aliphatic rings. The first-order valence-electron chi connectivity index (χ1n) is 2.68. The summed E-state index contributed by atoms with van der Waals surface area (Å²) in [5.74, 6) is 0. The minimum Gasteiger partial charge on any atom is -0.317 e. The van der Waals surface area contributed by atoms with E-state index in [2.05, 4.69) is 10.8 Å². The highest BCUT2D eigenvalue weighted by atomic mass is 16.5. The summed E-state index contributed by atoms with van der Waals surface area (Å²) in [6.45, 7) is 4.55. The number of likely N-dealkylation sites (N-methyl/N-ethyl adjacent to an activating group) is 1. The van der Waals surface area contributed by atoms with Crippen molar-refractivity contribution in [2.24, 2.45) is 0 Å². The van der Waals surface area contributed by atoms with Crippen LogP contribution >= 0.6 is 0 Å². The van der Waals surface area contributed by atoms with Gasteiger partial charge in [-0.3, -0.25) is 0 Å². The molecule has 8 heavy (non-hydrogen) atoms. The zero-order chi connectivity index (χ0) is 6.62. The highest BCUT2D eigenvalue weighted by molar-refractivity contribution is 4.75. The van der Waals surface area contributed by atoms with Crippen LogP contribution in [0.4, 0.5) is 0 Å². The molecule has 3 heteroatoms. The van der Waals surface area contributed by atoms with Gasteiger partial charge in [0.15, 0.2) is 0 Å². The third-order valence-electron chi connectivity index (χ3n) is 1.20. The van der Waals surface area contributed by atoms with Crippen LogP contribution in [0.25, 0.3) is 0 Å². The maximum absolute atomic E-state index is 8.24. The Labute approximate surface area is 50.0 Å². The molecule has 0 aromatic rings. The van der Waals surface area contributed by atoms with Crippen molar-refractivity contribution in [1.82, 2.24) is 10.8 Å². The molecule has 0 aromatic carbocycles. The molecule has 0 aromatic heterocycles. The van der Waals surface area contributed by atoms with Crippen molar-refractivity contribution in [3.05, 3.63) is 0 Å². The summed E-state index contributed by atoms with van der Waals surface area (Å²) in [4.78, 5) is 0. The minimum absolute atomic E-state index is 0.0191. The fourth-order valence-corrected chi connectivity index (χ4v) is 0.286. The van der Waals surface area contributed by atoms with Crippen LogP contribution in [0, 0.1) is 0 Å². The van der Waals surface area contributed by atoms with Crippen molar-refractivity contribution in [2.75, 3.05) is 13.6 Å². The zero-order valence-electron chi connectivity index (χ0n) is 5.65. The maximum atomic E-state index is 8.24. The Hall–Kier alpha value is -0.120. The second-order valence-corrected chi connectivity index (χ2v) is 2.47. The second kappa shape index (κ2) is 3.02. The SMILES string of the molecule is CNC(C)(C)CNO. The van der Waals surface area contributed by atoms with E-state index in [9.17, 15) is 0 Å². The summed E-state index contributed by atoms with van der Waals surface area (Å²) in [5, 5.41) is 11.3. The van der Waals surface area contributed by atoms with E-state index >= 15 is 0 Å². The van der Waals surface area contributed by atoms with Crippen LogP contribution in [0.5, 0.6) is 0 Å². The van der Waals surface area contributed by atoms with E-state index in [1.54, 1.807) is 0 Å². The van der Waals surface area contributed by atoms with Gasteiger partial charge in [0.25, 0.3) is 0 Å². The van der Waals surface area contributed by atoms with Crippen LogP contribution in [-0.4, -0.2) is 24.3 Å². The topological polar surface area (TPSA) is 44.3 Å². The van der Waals surface area contributed by atoms with Crippen LogP contribution in [-0.2, 0) is 0 Å². The van der Waals surface area contributed by atoms with Crippen LogP contribution in [0.1, 0.15) is 13.8 Å². The average molecular weight is 118 g/mol. The normalized spacial score (nSPS) is 12.0. The van der Waals surface area contributed by atoms with Crippen molar-refractivity contribution in [3.63, 3.8) is 0 Å². The van der Waals surface area contributed by atoms with Crippen LogP contribution in [0.15, 0.2) is 0 Å². The predicted octanol–water partition coefficient (Wildman–Crippen LogP) is -0.0368. The lowest BCUT2D eigenvalue weighted by Gasteiger charge is -2.22. The lowest BCUT2D eigenvalue weighted by atomic mass is 10.1. The molecule has 0 fully saturated rings. The molecule has 0 radical (unpaired) electrons. The van der Waals surface area contributed by atoms with E-state index in [0.29, 0.717) is 6.54 Å². The first kappa shape index (κ1) is 7.88. The first-order valence-corrected chi connectivity index (χ1v) is 2.68. The molecule has 0 atom stereocenters.